The first-order valence-electron chi connectivity index (χ1n) is 4.42. The fourth-order valence-corrected chi connectivity index (χ4v) is 2.73. The number of rotatable bonds is 2. The topological polar surface area (TPSA) is 0 Å². The Morgan fingerprint density at radius 2 is 1.31 bits per heavy atom. The minimum atomic E-state index is 0.818. The number of thiol groups is 2. The Morgan fingerprint density at radius 1 is 0.923 bits per heavy atom. The Hall–Kier alpha value is -0.0800. The molecule has 2 heteroatoms. The highest BCUT2D eigenvalue weighted by Gasteiger charge is 2.07. The van der Waals surface area contributed by atoms with Crippen LogP contribution in [-0.2, 0) is 11.5 Å². The van der Waals surface area contributed by atoms with E-state index in [0.717, 1.165) is 11.5 Å². The molecule has 0 N–H and O–H groups in total. The SMILES string of the molecule is Cc1cc(C)c(CS)c(C)c1CS. The molecule has 0 nitrogen and oxygen atoms in total. The Kier molecular flexibility index (Phi) is 3.74. The Labute approximate surface area is 91.6 Å². The van der Waals surface area contributed by atoms with Gasteiger partial charge >= 0.3 is 0 Å². The third-order valence-electron chi connectivity index (χ3n) is 2.61. The molecule has 0 saturated carbocycles. The van der Waals surface area contributed by atoms with Crippen LogP contribution in [0.3, 0.4) is 0 Å². The van der Waals surface area contributed by atoms with Crippen LogP contribution in [0.1, 0.15) is 27.8 Å². The molecule has 1 aromatic carbocycles. The summed E-state index contributed by atoms with van der Waals surface area (Å²) in [6.07, 6.45) is 0. The van der Waals surface area contributed by atoms with Crippen molar-refractivity contribution >= 4 is 25.3 Å². The summed E-state index contributed by atoms with van der Waals surface area (Å²) in [5, 5.41) is 0. The Morgan fingerprint density at radius 3 is 1.62 bits per heavy atom. The summed E-state index contributed by atoms with van der Waals surface area (Å²) in [5.41, 5.74) is 6.77. The molecule has 0 saturated heterocycles. The molecule has 0 atom stereocenters. The van der Waals surface area contributed by atoms with E-state index in [9.17, 15) is 0 Å². The lowest BCUT2D eigenvalue weighted by Crippen LogP contribution is -1.98. The molecule has 0 aliphatic carbocycles. The van der Waals surface area contributed by atoms with Gasteiger partial charge in [-0.2, -0.15) is 25.3 Å². The van der Waals surface area contributed by atoms with E-state index in [1.54, 1.807) is 0 Å². The van der Waals surface area contributed by atoms with Crippen LogP contribution in [0.15, 0.2) is 6.07 Å². The van der Waals surface area contributed by atoms with Crippen LogP contribution < -0.4 is 0 Å². The number of hydrogen-bond donors (Lipinski definition) is 2. The van der Waals surface area contributed by atoms with Gasteiger partial charge in [-0.05, 0) is 48.6 Å². The van der Waals surface area contributed by atoms with Crippen molar-refractivity contribution in [2.24, 2.45) is 0 Å². The van der Waals surface area contributed by atoms with Crippen molar-refractivity contribution in [3.63, 3.8) is 0 Å². The van der Waals surface area contributed by atoms with Crippen LogP contribution in [0, 0.1) is 20.8 Å². The summed E-state index contributed by atoms with van der Waals surface area (Å²) in [6.45, 7) is 6.46. The van der Waals surface area contributed by atoms with E-state index in [4.69, 9.17) is 0 Å². The van der Waals surface area contributed by atoms with E-state index in [0.29, 0.717) is 0 Å². The van der Waals surface area contributed by atoms with Gasteiger partial charge in [0.05, 0.1) is 0 Å². The molecule has 0 amide bonds. The standard InChI is InChI=1S/C11H16S2/c1-7-4-8(2)11(6-13)9(3)10(7)5-12/h4,12-13H,5-6H2,1-3H3. The van der Waals surface area contributed by atoms with Crippen LogP contribution in [0.4, 0.5) is 0 Å². The summed E-state index contributed by atoms with van der Waals surface area (Å²) in [5.74, 6) is 1.64. The van der Waals surface area contributed by atoms with Crippen molar-refractivity contribution in [2.75, 3.05) is 0 Å². The number of benzene rings is 1. The molecular weight excluding hydrogens is 196 g/mol. The lowest BCUT2D eigenvalue weighted by atomic mass is 9.95. The molecule has 0 spiro atoms. The molecular formula is C11H16S2. The summed E-state index contributed by atoms with van der Waals surface area (Å²) >= 11 is 8.69. The van der Waals surface area contributed by atoms with E-state index in [-0.39, 0.29) is 0 Å². The van der Waals surface area contributed by atoms with Gasteiger partial charge < -0.3 is 0 Å². The first-order valence-corrected chi connectivity index (χ1v) is 5.68. The molecule has 0 bridgehead atoms. The fraction of sp³-hybridized carbons (Fsp3) is 0.455. The molecule has 0 radical (unpaired) electrons. The quantitative estimate of drug-likeness (QED) is 0.689. The van der Waals surface area contributed by atoms with Crippen molar-refractivity contribution in [1.29, 1.82) is 0 Å². The van der Waals surface area contributed by atoms with Crippen molar-refractivity contribution in [3.05, 3.63) is 33.9 Å². The van der Waals surface area contributed by atoms with E-state index in [1.807, 2.05) is 0 Å². The van der Waals surface area contributed by atoms with E-state index >= 15 is 0 Å². The van der Waals surface area contributed by atoms with Crippen LogP contribution in [0.2, 0.25) is 0 Å². The zero-order valence-corrected chi connectivity index (χ0v) is 10.2. The van der Waals surface area contributed by atoms with Crippen molar-refractivity contribution in [1.82, 2.24) is 0 Å². The minimum absolute atomic E-state index is 0.818. The molecule has 0 aliphatic heterocycles. The summed E-state index contributed by atoms with van der Waals surface area (Å²) in [6, 6.07) is 2.23. The van der Waals surface area contributed by atoms with E-state index < -0.39 is 0 Å². The van der Waals surface area contributed by atoms with Crippen LogP contribution >= 0.6 is 25.3 Å². The largest absolute Gasteiger partial charge is 0.175 e. The predicted octanol–water partition coefficient (Wildman–Crippen LogP) is 3.47. The highest BCUT2D eigenvalue weighted by atomic mass is 32.1. The molecule has 0 aromatic heterocycles. The lowest BCUT2D eigenvalue weighted by Gasteiger charge is -2.14. The summed E-state index contributed by atoms with van der Waals surface area (Å²) in [7, 11) is 0. The van der Waals surface area contributed by atoms with Gasteiger partial charge in [0, 0.05) is 11.5 Å². The van der Waals surface area contributed by atoms with Crippen molar-refractivity contribution < 1.29 is 0 Å². The van der Waals surface area contributed by atoms with E-state index in [1.165, 1.54) is 27.8 Å². The number of aryl methyl sites for hydroxylation is 2. The fourth-order valence-electron chi connectivity index (χ4n) is 1.76. The third kappa shape index (κ3) is 2.05. The maximum absolute atomic E-state index is 4.34. The number of hydrogen-bond acceptors (Lipinski definition) is 2. The normalized spacial score (nSPS) is 10.5. The molecule has 1 rings (SSSR count). The molecule has 0 unspecified atom stereocenters. The smallest absolute Gasteiger partial charge is 0.0159 e. The zero-order chi connectivity index (χ0) is 10.0. The van der Waals surface area contributed by atoms with Crippen molar-refractivity contribution in [2.45, 2.75) is 32.3 Å². The van der Waals surface area contributed by atoms with Crippen LogP contribution in [0.25, 0.3) is 0 Å². The Bertz CT molecular complexity index is 288. The maximum atomic E-state index is 4.34. The maximum Gasteiger partial charge on any atom is 0.0159 e. The van der Waals surface area contributed by atoms with Gasteiger partial charge in [-0.3, -0.25) is 0 Å². The molecule has 0 aliphatic rings. The van der Waals surface area contributed by atoms with Gasteiger partial charge in [0.25, 0.3) is 0 Å². The lowest BCUT2D eigenvalue weighted by molar-refractivity contribution is 1.15. The second kappa shape index (κ2) is 4.43. The highest BCUT2D eigenvalue weighted by molar-refractivity contribution is 7.79. The average Bonchev–Trinajstić information content (AvgIpc) is 2.04. The van der Waals surface area contributed by atoms with Gasteiger partial charge in [0.15, 0.2) is 0 Å². The zero-order valence-electron chi connectivity index (χ0n) is 8.39. The highest BCUT2D eigenvalue weighted by Crippen LogP contribution is 2.24. The van der Waals surface area contributed by atoms with E-state index in [2.05, 4.69) is 52.1 Å². The molecule has 72 valence electrons. The second-order valence-electron chi connectivity index (χ2n) is 3.41. The predicted molar refractivity (Wildman–Crippen MR) is 66.0 cm³/mol. The monoisotopic (exact) mass is 212 g/mol. The first kappa shape index (κ1) is 11.0. The van der Waals surface area contributed by atoms with Gasteiger partial charge in [0.2, 0.25) is 0 Å². The van der Waals surface area contributed by atoms with Crippen LogP contribution in [-0.4, -0.2) is 0 Å². The molecule has 13 heavy (non-hydrogen) atoms. The molecule has 0 heterocycles. The van der Waals surface area contributed by atoms with Gasteiger partial charge in [-0.15, -0.1) is 0 Å². The van der Waals surface area contributed by atoms with Gasteiger partial charge in [0.1, 0.15) is 0 Å². The molecule has 1 aromatic rings. The summed E-state index contributed by atoms with van der Waals surface area (Å²) in [4.78, 5) is 0. The van der Waals surface area contributed by atoms with Crippen molar-refractivity contribution in [3.8, 4) is 0 Å². The third-order valence-corrected chi connectivity index (χ3v) is 3.24. The second-order valence-corrected chi connectivity index (χ2v) is 4.04. The molecule has 0 fully saturated rings. The average molecular weight is 212 g/mol. The minimum Gasteiger partial charge on any atom is -0.175 e. The van der Waals surface area contributed by atoms with Gasteiger partial charge in [-0.25, -0.2) is 0 Å². The van der Waals surface area contributed by atoms with Gasteiger partial charge in [-0.1, -0.05) is 6.07 Å². The van der Waals surface area contributed by atoms with Crippen LogP contribution in [0.5, 0.6) is 0 Å². The first-order chi connectivity index (χ1) is 6.11. The Balaban J connectivity index is 3.39. The summed E-state index contributed by atoms with van der Waals surface area (Å²) < 4.78 is 0.